The van der Waals surface area contributed by atoms with Crippen LogP contribution >= 0.6 is 11.8 Å². The minimum absolute atomic E-state index is 0.0982. The Morgan fingerprint density at radius 3 is 2.79 bits per heavy atom. The quantitative estimate of drug-likeness (QED) is 0.867. The van der Waals surface area contributed by atoms with E-state index in [9.17, 15) is 4.79 Å². The van der Waals surface area contributed by atoms with Crippen molar-refractivity contribution in [1.82, 2.24) is 4.98 Å². The third-order valence-corrected chi connectivity index (χ3v) is 4.37. The lowest BCUT2D eigenvalue weighted by Crippen LogP contribution is -2.27. The van der Waals surface area contributed by atoms with Gasteiger partial charge in [-0.3, -0.25) is 0 Å². The van der Waals surface area contributed by atoms with Gasteiger partial charge in [-0.1, -0.05) is 6.07 Å². The average molecular weight is 280 g/mol. The molecule has 19 heavy (non-hydrogen) atoms. The van der Waals surface area contributed by atoms with Gasteiger partial charge in [-0.2, -0.15) is 11.8 Å². The zero-order chi connectivity index (χ0) is 13.7. The number of rotatable bonds is 5. The molecular formula is C14H20N2O2S. The minimum Gasteiger partial charge on any atom is -0.477 e. The van der Waals surface area contributed by atoms with Crippen molar-refractivity contribution in [3.8, 4) is 0 Å². The van der Waals surface area contributed by atoms with E-state index in [1.54, 1.807) is 6.07 Å². The van der Waals surface area contributed by atoms with Gasteiger partial charge in [-0.15, -0.1) is 0 Å². The number of nitrogens with zero attached hydrogens (tertiary/aromatic N) is 1. The summed E-state index contributed by atoms with van der Waals surface area (Å²) in [7, 11) is 0. The van der Waals surface area contributed by atoms with Crippen LogP contribution in [0.4, 0.5) is 5.82 Å². The van der Waals surface area contributed by atoms with Crippen LogP contribution in [-0.2, 0) is 0 Å². The van der Waals surface area contributed by atoms with Gasteiger partial charge < -0.3 is 10.4 Å². The highest BCUT2D eigenvalue weighted by molar-refractivity contribution is 7.98. The highest BCUT2D eigenvalue weighted by atomic mass is 32.2. The third-order valence-electron chi connectivity index (χ3n) is 3.57. The molecule has 1 heterocycles. The molecular weight excluding hydrogens is 260 g/mol. The number of carbonyl (C=O) groups is 1. The first-order valence-corrected chi connectivity index (χ1v) is 8.04. The van der Waals surface area contributed by atoms with Crippen LogP contribution in [0.15, 0.2) is 18.2 Å². The lowest BCUT2D eigenvalue weighted by Gasteiger charge is -2.29. The standard InChI is InChI=1S/C14H20N2O2S/c1-19-9-10-5-7-11(8-6-10)15-13-4-2-3-12(16-13)14(17)18/h2-4,10-11H,5-9H2,1H3,(H,15,16)(H,17,18). The third kappa shape index (κ3) is 4.13. The van der Waals surface area contributed by atoms with E-state index in [2.05, 4.69) is 16.6 Å². The molecule has 104 valence electrons. The zero-order valence-corrected chi connectivity index (χ0v) is 11.9. The number of carboxylic acids is 1. The van der Waals surface area contributed by atoms with E-state index in [1.165, 1.54) is 24.7 Å². The van der Waals surface area contributed by atoms with Crippen LogP contribution in [-0.4, -0.2) is 34.1 Å². The van der Waals surface area contributed by atoms with Crippen molar-refractivity contribution in [3.63, 3.8) is 0 Å². The monoisotopic (exact) mass is 280 g/mol. The number of anilines is 1. The summed E-state index contributed by atoms with van der Waals surface area (Å²) in [5.41, 5.74) is 0.0982. The second-order valence-corrected chi connectivity index (χ2v) is 5.94. The maximum atomic E-state index is 10.9. The smallest absolute Gasteiger partial charge is 0.354 e. The summed E-state index contributed by atoms with van der Waals surface area (Å²) in [6.07, 6.45) is 6.94. The van der Waals surface area contributed by atoms with Crippen molar-refractivity contribution >= 4 is 23.5 Å². The molecule has 0 bridgehead atoms. The predicted octanol–water partition coefficient (Wildman–Crippen LogP) is 3.11. The van der Waals surface area contributed by atoms with E-state index >= 15 is 0 Å². The zero-order valence-electron chi connectivity index (χ0n) is 11.1. The molecule has 1 saturated carbocycles. The van der Waals surface area contributed by atoms with E-state index in [0.29, 0.717) is 11.9 Å². The maximum absolute atomic E-state index is 10.9. The largest absolute Gasteiger partial charge is 0.477 e. The summed E-state index contributed by atoms with van der Waals surface area (Å²) in [4.78, 5) is 15.0. The second-order valence-electron chi connectivity index (χ2n) is 5.03. The van der Waals surface area contributed by atoms with Crippen molar-refractivity contribution in [2.24, 2.45) is 5.92 Å². The highest BCUT2D eigenvalue weighted by Crippen LogP contribution is 2.28. The molecule has 0 aliphatic heterocycles. The lowest BCUT2D eigenvalue weighted by molar-refractivity contribution is 0.0690. The minimum atomic E-state index is -0.979. The predicted molar refractivity (Wildman–Crippen MR) is 78.9 cm³/mol. The Hall–Kier alpha value is -1.23. The van der Waals surface area contributed by atoms with E-state index in [-0.39, 0.29) is 5.69 Å². The number of pyridine rings is 1. The van der Waals surface area contributed by atoms with Crippen molar-refractivity contribution in [1.29, 1.82) is 0 Å². The molecule has 1 fully saturated rings. The first kappa shape index (κ1) is 14.2. The van der Waals surface area contributed by atoms with Gasteiger partial charge in [0.25, 0.3) is 0 Å². The number of carboxylic acid groups (broad SMARTS) is 1. The number of aromatic carboxylic acids is 1. The molecule has 4 nitrogen and oxygen atoms in total. The molecule has 0 spiro atoms. The first-order chi connectivity index (χ1) is 9.19. The van der Waals surface area contributed by atoms with Crippen LogP contribution in [0.25, 0.3) is 0 Å². The fraction of sp³-hybridized carbons (Fsp3) is 0.571. The molecule has 0 saturated heterocycles. The molecule has 0 radical (unpaired) electrons. The first-order valence-electron chi connectivity index (χ1n) is 6.65. The van der Waals surface area contributed by atoms with Gasteiger partial charge in [-0.25, -0.2) is 9.78 Å². The van der Waals surface area contributed by atoms with Crippen LogP contribution in [0.5, 0.6) is 0 Å². The average Bonchev–Trinajstić information content (AvgIpc) is 2.42. The van der Waals surface area contributed by atoms with Gasteiger partial charge >= 0.3 is 5.97 Å². The van der Waals surface area contributed by atoms with Gasteiger partial charge in [0.15, 0.2) is 5.69 Å². The molecule has 0 unspecified atom stereocenters. The van der Waals surface area contributed by atoms with Crippen LogP contribution in [0.1, 0.15) is 36.2 Å². The van der Waals surface area contributed by atoms with Crippen LogP contribution in [0, 0.1) is 5.92 Å². The molecule has 0 amide bonds. The fourth-order valence-corrected chi connectivity index (χ4v) is 3.36. The Morgan fingerprint density at radius 2 is 2.16 bits per heavy atom. The SMILES string of the molecule is CSCC1CCC(Nc2cccc(C(=O)O)n2)CC1. The number of hydrogen-bond donors (Lipinski definition) is 2. The Bertz CT molecular complexity index is 431. The second kappa shape index (κ2) is 6.80. The molecule has 0 atom stereocenters. The van der Waals surface area contributed by atoms with Crippen molar-refractivity contribution in [2.75, 3.05) is 17.3 Å². The topological polar surface area (TPSA) is 62.2 Å². The van der Waals surface area contributed by atoms with Crippen LogP contribution in [0.2, 0.25) is 0 Å². The van der Waals surface area contributed by atoms with E-state index in [1.807, 2.05) is 17.8 Å². The Morgan fingerprint density at radius 1 is 1.42 bits per heavy atom. The highest BCUT2D eigenvalue weighted by Gasteiger charge is 2.21. The van der Waals surface area contributed by atoms with Crippen molar-refractivity contribution < 1.29 is 9.90 Å². The molecule has 1 aliphatic carbocycles. The summed E-state index contributed by atoms with van der Waals surface area (Å²) in [5, 5.41) is 12.3. The van der Waals surface area contributed by atoms with Crippen LogP contribution in [0.3, 0.4) is 0 Å². The molecule has 5 heteroatoms. The van der Waals surface area contributed by atoms with Gasteiger partial charge in [0.2, 0.25) is 0 Å². The van der Waals surface area contributed by atoms with E-state index in [4.69, 9.17) is 5.11 Å². The Balaban J connectivity index is 1.88. The summed E-state index contributed by atoms with van der Waals surface area (Å²) in [6.45, 7) is 0. The van der Waals surface area contributed by atoms with Crippen molar-refractivity contribution in [3.05, 3.63) is 23.9 Å². The normalized spacial score (nSPS) is 23.0. The number of thioether (sulfide) groups is 1. The molecule has 1 aliphatic rings. The molecule has 0 aromatic carbocycles. The van der Waals surface area contributed by atoms with Gasteiger partial charge in [0, 0.05) is 6.04 Å². The van der Waals surface area contributed by atoms with Crippen LogP contribution < -0.4 is 5.32 Å². The van der Waals surface area contributed by atoms with Gasteiger partial charge in [0.05, 0.1) is 0 Å². The number of aromatic nitrogens is 1. The molecule has 1 aromatic heterocycles. The molecule has 2 rings (SSSR count). The maximum Gasteiger partial charge on any atom is 0.354 e. The van der Waals surface area contributed by atoms with Gasteiger partial charge in [-0.05, 0) is 55.7 Å². The number of nitrogens with one attached hydrogen (secondary N) is 1. The number of hydrogen-bond acceptors (Lipinski definition) is 4. The Labute approximate surface area is 118 Å². The lowest BCUT2D eigenvalue weighted by atomic mass is 9.87. The molecule has 2 N–H and O–H groups in total. The van der Waals surface area contributed by atoms with E-state index < -0.39 is 5.97 Å². The summed E-state index contributed by atoms with van der Waals surface area (Å²) in [5.74, 6) is 1.78. The molecule has 1 aromatic rings. The fourth-order valence-electron chi connectivity index (χ4n) is 2.55. The summed E-state index contributed by atoms with van der Waals surface area (Å²) in [6, 6.07) is 5.51. The summed E-state index contributed by atoms with van der Waals surface area (Å²) >= 11 is 1.92. The summed E-state index contributed by atoms with van der Waals surface area (Å²) < 4.78 is 0. The van der Waals surface area contributed by atoms with E-state index in [0.717, 1.165) is 18.8 Å². The Kier molecular flexibility index (Phi) is 5.07. The van der Waals surface area contributed by atoms with Crippen molar-refractivity contribution in [2.45, 2.75) is 31.7 Å². The van der Waals surface area contributed by atoms with Gasteiger partial charge in [0.1, 0.15) is 5.82 Å².